The van der Waals surface area contributed by atoms with Gasteiger partial charge in [-0.15, -0.1) is 0 Å². The van der Waals surface area contributed by atoms with Gasteiger partial charge in [0.15, 0.2) is 6.61 Å². The second kappa shape index (κ2) is 6.17. The smallest absolute Gasteiger partial charge is 0.416 e. The number of rotatable bonds is 3. The molecule has 1 heterocycles. The molecule has 1 fully saturated rings. The number of aryl methyl sites for hydroxylation is 2. The highest BCUT2D eigenvalue weighted by atomic mass is 16.6. The third kappa shape index (κ3) is 2.95. The van der Waals surface area contributed by atoms with Crippen LogP contribution in [-0.4, -0.2) is 42.6 Å². The topological polar surface area (TPSA) is 72.9 Å². The Morgan fingerprint density at radius 2 is 1.95 bits per heavy atom. The van der Waals surface area contributed by atoms with E-state index in [1.165, 1.54) is 17.5 Å². The summed E-state index contributed by atoms with van der Waals surface area (Å²) in [5.41, 5.74) is 2.89. The van der Waals surface area contributed by atoms with Gasteiger partial charge in [0.25, 0.3) is 5.91 Å². The first kappa shape index (κ1) is 14.6. The summed E-state index contributed by atoms with van der Waals surface area (Å²) in [6.45, 7) is -0.0670. The molecule has 1 aromatic carbocycles. The van der Waals surface area contributed by atoms with Crippen molar-refractivity contribution in [3.63, 3.8) is 0 Å². The van der Waals surface area contributed by atoms with E-state index in [9.17, 15) is 14.4 Å². The van der Waals surface area contributed by atoms with Crippen molar-refractivity contribution in [1.29, 1.82) is 0 Å². The molecular formula is C16H17NO5. The van der Waals surface area contributed by atoms with E-state index in [2.05, 4.69) is 4.74 Å². The molecule has 0 bridgehead atoms. The standard InChI is InChI=1S/C16H17NO5/c18-14(17-7-8-21-16(17)20)10-22-15(19)13-6-5-11-3-1-2-4-12(11)9-13/h5-6,9H,1-4,7-8,10H2. The molecule has 6 nitrogen and oxygen atoms in total. The van der Waals surface area contributed by atoms with Crippen LogP contribution in [0, 0.1) is 0 Å². The van der Waals surface area contributed by atoms with Gasteiger partial charge < -0.3 is 9.47 Å². The summed E-state index contributed by atoms with van der Waals surface area (Å²) in [5, 5.41) is 0. The van der Waals surface area contributed by atoms with Crippen molar-refractivity contribution in [3.05, 3.63) is 34.9 Å². The van der Waals surface area contributed by atoms with Crippen LogP contribution >= 0.6 is 0 Å². The quantitative estimate of drug-likeness (QED) is 0.795. The lowest BCUT2D eigenvalue weighted by Gasteiger charge is -2.16. The minimum absolute atomic E-state index is 0.184. The fraction of sp³-hybridized carbons (Fsp3) is 0.438. The second-order valence-electron chi connectivity index (χ2n) is 5.43. The van der Waals surface area contributed by atoms with Crippen LogP contribution in [0.2, 0.25) is 0 Å². The molecule has 1 aliphatic heterocycles. The summed E-state index contributed by atoms with van der Waals surface area (Å²) in [6.07, 6.45) is 3.63. The SMILES string of the molecule is O=C(OCC(=O)N1CCOC1=O)c1ccc2c(c1)CCCC2. The van der Waals surface area contributed by atoms with Crippen LogP contribution in [0.15, 0.2) is 18.2 Å². The lowest BCUT2D eigenvalue weighted by molar-refractivity contribution is -0.131. The van der Waals surface area contributed by atoms with E-state index >= 15 is 0 Å². The first-order valence-electron chi connectivity index (χ1n) is 7.41. The molecule has 3 rings (SSSR count). The molecule has 6 heteroatoms. The van der Waals surface area contributed by atoms with E-state index in [-0.39, 0.29) is 13.2 Å². The highest BCUT2D eigenvalue weighted by Crippen LogP contribution is 2.22. The van der Waals surface area contributed by atoms with Crippen molar-refractivity contribution in [2.24, 2.45) is 0 Å². The molecule has 2 amide bonds. The van der Waals surface area contributed by atoms with E-state index < -0.39 is 24.6 Å². The Labute approximate surface area is 128 Å². The van der Waals surface area contributed by atoms with Crippen LogP contribution in [0.1, 0.15) is 34.3 Å². The molecule has 1 aliphatic carbocycles. The Morgan fingerprint density at radius 1 is 1.18 bits per heavy atom. The first-order chi connectivity index (χ1) is 10.6. The Bertz CT molecular complexity index is 625. The van der Waals surface area contributed by atoms with Crippen molar-refractivity contribution in [1.82, 2.24) is 4.90 Å². The van der Waals surface area contributed by atoms with Crippen molar-refractivity contribution in [2.45, 2.75) is 25.7 Å². The third-order valence-electron chi connectivity index (χ3n) is 3.97. The summed E-state index contributed by atoms with van der Waals surface area (Å²) in [7, 11) is 0. The molecule has 1 aromatic rings. The van der Waals surface area contributed by atoms with Crippen LogP contribution in [-0.2, 0) is 27.1 Å². The Hall–Kier alpha value is -2.37. The zero-order valence-corrected chi connectivity index (χ0v) is 12.2. The summed E-state index contributed by atoms with van der Waals surface area (Å²) < 4.78 is 9.67. The number of cyclic esters (lactones) is 1. The average molecular weight is 303 g/mol. The van der Waals surface area contributed by atoms with E-state index in [1.807, 2.05) is 12.1 Å². The number of ether oxygens (including phenoxy) is 2. The number of benzene rings is 1. The number of amides is 2. The monoisotopic (exact) mass is 303 g/mol. The summed E-state index contributed by atoms with van der Waals surface area (Å²) in [5.74, 6) is -1.11. The van der Waals surface area contributed by atoms with Crippen LogP contribution in [0.25, 0.3) is 0 Å². The minimum Gasteiger partial charge on any atom is -0.452 e. The van der Waals surface area contributed by atoms with Crippen molar-refractivity contribution in [2.75, 3.05) is 19.8 Å². The van der Waals surface area contributed by atoms with E-state index in [4.69, 9.17) is 4.74 Å². The van der Waals surface area contributed by atoms with Gasteiger partial charge in [-0.2, -0.15) is 0 Å². The van der Waals surface area contributed by atoms with Gasteiger partial charge >= 0.3 is 12.1 Å². The fourth-order valence-corrected chi connectivity index (χ4v) is 2.77. The maximum absolute atomic E-state index is 12.0. The first-order valence-corrected chi connectivity index (χ1v) is 7.41. The van der Waals surface area contributed by atoms with Crippen LogP contribution in [0.3, 0.4) is 0 Å². The Balaban J connectivity index is 1.60. The molecule has 0 atom stereocenters. The summed E-state index contributed by atoms with van der Waals surface area (Å²) in [4.78, 5) is 36.0. The molecule has 0 radical (unpaired) electrons. The van der Waals surface area contributed by atoms with E-state index in [1.54, 1.807) is 6.07 Å². The number of fused-ring (bicyclic) bond motifs is 1. The number of imide groups is 1. The minimum atomic E-state index is -0.685. The Morgan fingerprint density at radius 3 is 2.68 bits per heavy atom. The summed E-state index contributed by atoms with van der Waals surface area (Å²) in [6, 6.07) is 5.51. The predicted molar refractivity (Wildman–Crippen MR) is 76.4 cm³/mol. The summed E-state index contributed by atoms with van der Waals surface area (Å²) >= 11 is 0. The zero-order chi connectivity index (χ0) is 15.5. The molecule has 0 spiro atoms. The van der Waals surface area contributed by atoms with Gasteiger partial charge in [0.1, 0.15) is 6.61 Å². The average Bonchev–Trinajstić information content (AvgIpc) is 2.98. The van der Waals surface area contributed by atoms with Gasteiger partial charge in [0.2, 0.25) is 0 Å². The molecule has 1 saturated heterocycles. The van der Waals surface area contributed by atoms with E-state index in [0.717, 1.165) is 24.2 Å². The lowest BCUT2D eigenvalue weighted by atomic mass is 9.90. The largest absolute Gasteiger partial charge is 0.452 e. The molecule has 0 aromatic heterocycles. The number of nitrogens with zero attached hydrogens (tertiary/aromatic N) is 1. The van der Waals surface area contributed by atoms with Crippen LogP contribution < -0.4 is 0 Å². The van der Waals surface area contributed by atoms with Crippen LogP contribution in [0.5, 0.6) is 0 Å². The normalized spacial score (nSPS) is 16.9. The number of carbonyl (C=O) groups is 3. The number of esters is 1. The molecule has 2 aliphatic rings. The molecule has 0 N–H and O–H groups in total. The van der Waals surface area contributed by atoms with Crippen molar-refractivity contribution < 1.29 is 23.9 Å². The molecular weight excluding hydrogens is 286 g/mol. The highest BCUT2D eigenvalue weighted by molar-refractivity contribution is 5.96. The van der Waals surface area contributed by atoms with Gasteiger partial charge in [-0.1, -0.05) is 6.07 Å². The zero-order valence-electron chi connectivity index (χ0n) is 12.2. The van der Waals surface area contributed by atoms with Gasteiger partial charge in [0.05, 0.1) is 12.1 Å². The fourth-order valence-electron chi connectivity index (χ4n) is 2.77. The number of hydrogen-bond acceptors (Lipinski definition) is 5. The Kier molecular flexibility index (Phi) is 4.09. The predicted octanol–water partition coefficient (Wildman–Crippen LogP) is 1.70. The number of carbonyl (C=O) groups excluding carboxylic acids is 3. The number of hydrogen-bond donors (Lipinski definition) is 0. The van der Waals surface area contributed by atoms with Gasteiger partial charge in [-0.05, 0) is 48.9 Å². The maximum atomic E-state index is 12.0. The van der Waals surface area contributed by atoms with E-state index in [0.29, 0.717) is 5.56 Å². The van der Waals surface area contributed by atoms with Gasteiger partial charge in [-0.3, -0.25) is 4.79 Å². The third-order valence-corrected chi connectivity index (χ3v) is 3.97. The van der Waals surface area contributed by atoms with Gasteiger partial charge in [-0.25, -0.2) is 14.5 Å². The van der Waals surface area contributed by atoms with Crippen molar-refractivity contribution in [3.8, 4) is 0 Å². The van der Waals surface area contributed by atoms with Crippen LogP contribution in [0.4, 0.5) is 4.79 Å². The molecule has 0 unspecified atom stereocenters. The highest BCUT2D eigenvalue weighted by Gasteiger charge is 2.29. The molecule has 22 heavy (non-hydrogen) atoms. The second-order valence-corrected chi connectivity index (χ2v) is 5.43. The van der Waals surface area contributed by atoms with Crippen molar-refractivity contribution >= 4 is 18.0 Å². The molecule has 116 valence electrons. The maximum Gasteiger partial charge on any atom is 0.416 e. The van der Waals surface area contributed by atoms with Gasteiger partial charge in [0, 0.05) is 0 Å². The molecule has 0 saturated carbocycles. The lowest BCUT2D eigenvalue weighted by Crippen LogP contribution is -2.35.